The van der Waals surface area contributed by atoms with Gasteiger partial charge in [-0.15, -0.1) is 0 Å². The lowest BCUT2D eigenvalue weighted by Gasteiger charge is -2.11. The lowest BCUT2D eigenvalue weighted by Crippen LogP contribution is -1.98. The highest BCUT2D eigenvalue weighted by Gasteiger charge is 2.07. The highest BCUT2D eigenvalue weighted by Crippen LogP contribution is 2.33. The first kappa shape index (κ1) is 13.0. The van der Waals surface area contributed by atoms with Gasteiger partial charge in [-0.3, -0.25) is 0 Å². The summed E-state index contributed by atoms with van der Waals surface area (Å²) in [5.74, 6) is 0.730. The zero-order chi connectivity index (χ0) is 13.9. The van der Waals surface area contributed by atoms with E-state index >= 15 is 0 Å². The highest BCUT2D eigenvalue weighted by molar-refractivity contribution is 6.37. The van der Waals surface area contributed by atoms with Crippen LogP contribution in [0, 0.1) is 6.92 Å². The van der Waals surface area contributed by atoms with E-state index in [1.807, 2.05) is 48.5 Å². The molecule has 0 aliphatic carbocycles. The van der Waals surface area contributed by atoms with E-state index in [-0.39, 0.29) is 0 Å². The van der Waals surface area contributed by atoms with Crippen molar-refractivity contribution in [2.75, 3.05) is 0 Å². The first-order valence-electron chi connectivity index (χ1n) is 6.60. The van der Waals surface area contributed by atoms with E-state index in [9.17, 15) is 0 Å². The van der Waals surface area contributed by atoms with E-state index in [4.69, 9.17) is 16.3 Å². The van der Waals surface area contributed by atoms with E-state index in [2.05, 4.69) is 19.1 Å². The summed E-state index contributed by atoms with van der Waals surface area (Å²) in [5, 5.41) is 2.83. The van der Waals surface area contributed by atoms with Gasteiger partial charge in [-0.1, -0.05) is 66.2 Å². The maximum atomic E-state index is 6.42. The molecule has 2 heteroatoms. The fourth-order valence-corrected chi connectivity index (χ4v) is 2.54. The maximum absolute atomic E-state index is 6.42. The Morgan fingerprint density at radius 2 is 1.65 bits per heavy atom. The van der Waals surface area contributed by atoms with Crippen LogP contribution in [-0.2, 0) is 6.61 Å². The van der Waals surface area contributed by atoms with Crippen molar-refractivity contribution in [3.05, 3.63) is 76.8 Å². The average Bonchev–Trinajstić information content (AvgIpc) is 2.48. The molecular weight excluding hydrogens is 268 g/mol. The standard InChI is InChI=1S/C18H15ClO/c1-13-6-2-3-8-15(13)12-20-17-11-10-14-7-4-5-9-16(14)18(17)19/h2-11H,12H2,1H3. The molecule has 0 heterocycles. The van der Waals surface area contributed by atoms with Crippen LogP contribution in [-0.4, -0.2) is 0 Å². The van der Waals surface area contributed by atoms with Crippen molar-refractivity contribution >= 4 is 22.4 Å². The summed E-state index contributed by atoms with van der Waals surface area (Å²) in [7, 11) is 0. The Bertz CT molecular complexity index is 749. The van der Waals surface area contributed by atoms with E-state index in [1.165, 1.54) is 11.1 Å². The van der Waals surface area contributed by atoms with E-state index in [0.717, 1.165) is 16.5 Å². The van der Waals surface area contributed by atoms with Crippen LogP contribution in [0.25, 0.3) is 10.8 Å². The second kappa shape index (κ2) is 5.56. The van der Waals surface area contributed by atoms with Gasteiger partial charge >= 0.3 is 0 Å². The van der Waals surface area contributed by atoms with Crippen LogP contribution in [0.3, 0.4) is 0 Å². The molecule has 0 atom stereocenters. The van der Waals surface area contributed by atoms with Crippen LogP contribution >= 0.6 is 11.6 Å². The van der Waals surface area contributed by atoms with Crippen LogP contribution < -0.4 is 4.74 Å². The van der Waals surface area contributed by atoms with E-state index < -0.39 is 0 Å². The number of benzene rings is 3. The van der Waals surface area contributed by atoms with Crippen LogP contribution in [0.4, 0.5) is 0 Å². The predicted molar refractivity (Wildman–Crippen MR) is 84.5 cm³/mol. The quantitative estimate of drug-likeness (QED) is 0.626. The van der Waals surface area contributed by atoms with Crippen molar-refractivity contribution in [1.29, 1.82) is 0 Å². The number of halogens is 1. The van der Waals surface area contributed by atoms with Crippen molar-refractivity contribution in [1.82, 2.24) is 0 Å². The number of hydrogen-bond acceptors (Lipinski definition) is 1. The molecule has 0 saturated carbocycles. The number of ether oxygens (including phenoxy) is 1. The molecule has 1 nitrogen and oxygen atoms in total. The van der Waals surface area contributed by atoms with E-state index in [0.29, 0.717) is 11.6 Å². The van der Waals surface area contributed by atoms with Crippen molar-refractivity contribution in [2.24, 2.45) is 0 Å². The van der Waals surface area contributed by atoms with Crippen molar-refractivity contribution in [2.45, 2.75) is 13.5 Å². The van der Waals surface area contributed by atoms with Crippen LogP contribution in [0.15, 0.2) is 60.7 Å². The normalized spacial score (nSPS) is 10.7. The Balaban J connectivity index is 1.88. The fourth-order valence-electron chi connectivity index (χ4n) is 2.25. The largest absolute Gasteiger partial charge is 0.487 e. The zero-order valence-corrected chi connectivity index (χ0v) is 12.0. The highest BCUT2D eigenvalue weighted by atomic mass is 35.5. The maximum Gasteiger partial charge on any atom is 0.139 e. The Morgan fingerprint density at radius 3 is 2.50 bits per heavy atom. The van der Waals surface area contributed by atoms with Gasteiger partial charge in [0.1, 0.15) is 12.4 Å². The summed E-state index contributed by atoms with van der Waals surface area (Å²) < 4.78 is 5.88. The number of rotatable bonds is 3. The third kappa shape index (κ3) is 2.50. The molecule has 100 valence electrons. The Morgan fingerprint density at radius 1 is 0.900 bits per heavy atom. The number of fused-ring (bicyclic) bond motifs is 1. The van der Waals surface area contributed by atoms with Gasteiger partial charge in [0.15, 0.2) is 0 Å². The summed E-state index contributed by atoms with van der Waals surface area (Å²) in [6, 6.07) is 20.2. The molecule has 0 N–H and O–H groups in total. The minimum Gasteiger partial charge on any atom is -0.487 e. The van der Waals surface area contributed by atoms with E-state index in [1.54, 1.807) is 0 Å². The summed E-state index contributed by atoms with van der Waals surface area (Å²) in [6.45, 7) is 2.62. The monoisotopic (exact) mass is 282 g/mol. The summed E-state index contributed by atoms with van der Waals surface area (Å²) in [6.07, 6.45) is 0. The zero-order valence-electron chi connectivity index (χ0n) is 11.3. The molecule has 0 aliphatic rings. The molecule has 0 fully saturated rings. The summed E-state index contributed by atoms with van der Waals surface area (Å²) in [5.41, 5.74) is 2.40. The van der Waals surface area contributed by atoms with Gasteiger partial charge in [0.05, 0.1) is 5.02 Å². The Labute approximate surface area is 123 Å². The molecule has 0 saturated heterocycles. The first-order valence-corrected chi connectivity index (χ1v) is 6.98. The molecule has 0 unspecified atom stereocenters. The fraction of sp³-hybridized carbons (Fsp3) is 0.111. The Hall–Kier alpha value is -1.99. The van der Waals surface area contributed by atoms with Crippen molar-refractivity contribution in [3.63, 3.8) is 0 Å². The molecule has 3 aromatic rings. The van der Waals surface area contributed by atoms with Crippen LogP contribution in [0.5, 0.6) is 5.75 Å². The molecule has 0 bridgehead atoms. The lowest BCUT2D eigenvalue weighted by atomic mass is 10.1. The molecule has 3 rings (SSSR count). The minimum absolute atomic E-state index is 0.532. The molecule has 0 radical (unpaired) electrons. The Kier molecular flexibility index (Phi) is 3.62. The molecule has 3 aromatic carbocycles. The summed E-state index contributed by atoms with van der Waals surface area (Å²) in [4.78, 5) is 0. The van der Waals surface area contributed by atoms with Crippen LogP contribution in [0.2, 0.25) is 5.02 Å². The lowest BCUT2D eigenvalue weighted by molar-refractivity contribution is 0.306. The number of aryl methyl sites for hydroxylation is 1. The minimum atomic E-state index is 0.532. The molecule has 20 heavy (non-hydrogen) atoms. The molecule has 0 spiro atoms. The molecule has 0 amide bonds. The van der Waals surface area contributed by atoms with Gasteiger partial charge in [0.2, 0.25) is 0 Å². The van der Waals surface area contributed by atoms with Gasteiger partial charge in [0, 0.05) is 5.39 Å². The smallest absolute Gasteiger partial charge is 0.139 e. The van der Waals surface area contributed by atoms with Gasteiger partial charge in [-0.2, -0.15) is 0 Å². The van der Waals surface area contributed by atoms with Crippen molar-refractivity contribution in [3.8, 4) is 5.75 Å². The van der Waals surface area contributed by atoms with Gasteiger partial charge < -0.3 is 4.74 Å². The number of hydrogen-bond donors (Lipinski definition) is 0. The second-order valence-corrected chi connectivity index (χ2v) is 5.19. The predicted octanol–water partition coefficient (Wildman–Crippen LogP) is 5.38. The third-order valence-corrected chi connectivity index (χ3v) is 3.86. The summed E-state index contributed by atoms with van der Waals surface area (Å²) >= 11 is 6.42. The average molecular weight is 283 g/mol. The third-order valence-electron chi connectivity index (χ3n) is 3.47. The van der Waals surface area contributed by atoms with Gasteiger partial charge in [-0.25, -0.2) is 0 Å². The topological polar surface area (TPSA) is 9.23 Å². The van der Waals surface area contributed by atoms with Gasteiger partial charge in [-0.05, 0) is 29.5 Å². The van der Waals surface area contributed by atoms with Gasteiger partial charge in [0.25, 0.3) is 0 Å². The molecular formula is C18H15ClO. The van der Waals surface area contributed by atoms with Crippen LogP contribution in [0.1, 0.15) is 11.1 Å². The molecule has 0 aromatic heterocycles. The SMILES string of the molecule is Cc1ccccc1COc1ccc2ccccc2c1Cl. The second-order valence-electron chi connectivity index (χ2n) is 4.81. The van der Waals surface area contributed by atoms with Crippen molar-refractivity contribution < 1.29 is 4.74 Å². The first-order chi connectivity index (χ1) is 9.75. The molecule has 0 aliphatic heterocycles.